The Labute approximate surface area is 208 Å². The average Bonchev–Trinajstić information content (AvgIpc) is 2.96. The van der Waals surface area contributed by atoms with Crippen LogP contribution in [-0.2, 0) is 9.59 Å². The number of halogens is 4. The molecule has 0 atom stereocenters. The molecule has 33 heavy (non-hydrogen) atoms. The van der Waals surface area contributed by atoms with E-state index in [1.807, 2.05) is 0 Å². The number of anilines is 3. The number of nitrogens with zero attached hydrogens (tertiary/aromatic N) is 1. The van der Waals surface area contributed by atoms with E-state index < -0.39 is 17.7 Å². The van der Waals surface area contributed by atoms with Gasteiger partial charge in [0.2, 0.25) is 0 Å². The number of carbonyl (C=O) groups excluding carboxylic acids is 3. The predicted molar refractivity (Wildman–Crippen MR) is 131 cm³/mol. The molecule has 1 heterocycles. The second-order valence-corrected chi connectivity index (χ2v) is 8.62. The molecule has 3 amide bonds. The van der Waals surface area contributed by atoms with Crippen LogP contribution in [0.5, 0.6) is 0 Å². The van der Waals surface area contributed by atoms with Crippen molar-refractivity contribution in [2.45, 2.75) is 0 Å². The van der Waals surface area contributed by atoms with E-state index in [1.54, 1.807) is 54.6 Å². The quantitative estimate of drug-likeness (QED) is 0.385. The van der Waals surface area contributed by atoms with Crippen molar-refractivity contribution >= 4 is 81.2 Å². The van der Waals surface area contributed by atoms with E-state index in [-0.39, 0.29) is 16.3 Å². The third-order valence-corrected chi connectivity index (χ3v) is 5.63. The maximum atomic E-state index is 12.9. The number of imide groups is 1. The summed E-state index contributed by atoms with van der Waals surface area (Å²) in [6, 6.07) is 17.3. The number of hydrogen-bond acceptors (Lipinski definition) is 4. The van der Waals surface area contributed by atoms with E-state index in [0.29, 0.717) is 32.1 Å². The van der Waals surface area contributed by atoms with Crippen LogP contribution in [0.4, 0.5) is 17.1 Å². The maximum absolute atomic E-state index is 12.9. The Morgan fingerprint density at radius 3 is 2.12 bits per heavy atom. The van der Waals surface area contributed by atoms with Crippen molar-refractivity contribution in [1.29, 1.82) is 0 Å². The Morgan fingerprint density at radius 2 is 1.42 bits per heavy atom. The van der Waals surface area contributed by atoms with Crippen LogP contribution in [0, 0.1) is 0 Å². The van der Waals surface area contributed by atoms with Crippen molar-refractivity contribution in [1.82, 2.24) is 0 Å². The number of hydrogen-bond donors (Lipinski definition) is 2. The number of rotatable bonds is 5. The summed E-state index contributed by atoms with van der Waals surface area (Å²) in [6.07, 6.45) is 0. The summed E-state index contributed by atoms with van der Waals surface area (Å²) in [5.41, 5.74) is 1.28. The summed E-state index contributed by atoms with van der Waals surface area (Å²) < 4.78 is 0. The number of benzene rings is 3. The SMILES string of the molecule is O=C(Nc1cc(Cl)cc(Cl)c1)c1cccc(NC2=C(Cl)C(=O)N(c3cccc(Cl)c3)C2=O)c1. The minimum absolute atomic E-state index is 0.110. The van der Waals surface area contributed by atoms with Gasteiger partial charge in [-0.05, 0) is 54.6 Å². The zero-order chi connectivity index (χ0) is 23.7. The molecule has 0 bridgehead atoms. The zero-order valence-corrected chi connectivity index (χ0v) is 19.6. The topological polar surface area (TPSA) is 78.5 Å². The molecular weight excluding hydrogens is 508 g/mol. The van der Waals surface area contributed by atoms with Crippen molar-refractivity contribution in [2.75, 3.05) is 15.5 Å². The Kier molecular flexibility index (Phi) is 6.63. The highest BCUT2D eigenvalue weighted by molar-refractivity contribution is 6.53. The molecule has 166 valence electrons. The Balaban J connectivity index is 1.55. The Morgan fingerprint density at radius 1 is 0.727 bits per heavy atom. The van der Waals surface area contributed by atoms with Crippen LogP contribution in [-0.4, -0.2) is 17.7 Å². The van der Waals surface area contributed by atoms with Gasteiger partial charge in [-0.15, -0.1) is 0 Å². The molecule has 1 aliphatic rings. The van der Waals surface area contributed by atoms with Gasteiger partial charge in [-0.25, -0.2) is 4.90 Å². The molecule has 0 aromatic heterocycles. The third-order valence-electron chi connectivity index (χ3n) is 4.61. The summed E-state index contributed by atoms with van der Waals surface area (Å²) in [5.74, 6) is -1.75. The molecule has 0 radical (unpaired) electrons. The fraction of sp³-hybridized carbons (Fsp3) is 0. The molecule has 0 aliphatic carbocycles. The number of nitrogens with one attached hydrogen (secondary N) is 2. The highest BCUT2D eigenvalue weighted by atomic mass is 35.5. The first kappa shape index (κ1) is 23.1. The molecular formula is C23H13Cl4N3O3. The molecule has 4 rings (SSSR count). The molecule has 0 saturated heterocycles. The maximum Gasteiger partial charge on any atom is 0.283 e. The van der Waals surface area contributed by atoms with E-state index in [9.17, 15) is 14.4 Å². The lowest BCUT2D eigenvalue weighted by atomic mass is 10.1. The third kappa shape index (κ3) is 4.99. The first-order valence-electron chi connectivity index (χ1n) is 9.41. The molecule has 6 nitrogen and oxygen atoms in total. The van der Waals surface area contributed by atoms with Gasteiger partial charge in [-0.2, -0.15) is 0 Å². The highest BCUT2D eigenvalue weighted by Gasteiger charge is 2.39. The van der Waals surface area contributed by atoms with Crippen molar-refractivity contribution in [3.05, 3.63) is 98.1 Å². The fourth-order valence-electron chi connectivity index (χ4n) is 3.17. The molecule has 1 aliphatic heterocycles. The predicted octanol–water partition coefficient (Wildman–Crippen LogP) is 6.33. The first-order valence-corrected chi connectivity index (χ1v) is 10.9. The molecule has 0 unspecified atom stereocenters. The minimum Gasteiger partial charge on any atom is -0.350 e. The van der Waals surface area contributed by atoms with Crippen LogP contribution in [0.3, 0.4) is 0 Å². The molecule has 2 N–H and O–H groups in total. The van der Waals surface area contributed by atoms with Crippen LogP contribution in [0.25, 0.3) is 0 Å². The summed E-state index contributed by atoms with van der Waals surface area (Å²) >= 11 is 24.1. The minimum atomic E-state index is -0.682. The Bertz CT molecular complexity index is 1320. The molecule has 10 heteroatoms. The lowest BCUT2D eigenvalue weighted by Gasteiger charge is -2.15. The number of amides is 3. The monoisotopic (exact) mass is 519 g/mol. The molecule has 0 saturated carbocycles. The zero-order valence-electron chi connectivity index (χ0n) is 16.5. The van der Waals surface area contributed by atoms with Gasteiger partial charge in [-0.3, -0.25) is 14.4 Å². The van der Waals surface area contributed by atoms with E-state index in [1.165, 1.54) is 12.1 Å². The smallest absolute Gasteiger partial charge is 0.283 e. The highest BCUT2D eigenvalue weighted by Crippen LogP contribution is 2.31. The second kappa shape index (κ2) is 9.45. The Hall–Kier alpha value is -3.03. The summed E-state index contributed by atoms with van der Waals surface area (Å²) in [4.78, 5) is 39.1. The fourth-order valence-corrected chi connectivity index (χ4v) is 4.10. The van der Waals surface area contributed by atoms with E-state index >= 15 is 0 Å². The van der Waals surface area contributed by atoms with Crippen LogP contribution in [0.15, 0.2) is 77.5 Å². The van der Waals surface area contributed by atoms with Gasteiger partial charge in [-0.1, -0.05) is 58.5 Å². The first-order chi connectivity index (χ1) is 15.7. The van der Waals surface area contributed by atoms with Crippen LogP contribution < -0.4 is 15.5 Å². The van der Waals surface area contributed by atoms with Crippen LogP contribution in [0.2, 0.25) is 15.1 Å². The van der Waals surface area contributed by atoms with E-state index in [2.05, 4.69) is 10.6 Å². The number of carbonyl (C=O) groups is 3. The van der Waals surface area contributed by atoms with Crippen LogP contribution >= 0.6 is 46.4 Å². The lowest BCUT2D eigenvalue weighted by Crippen LogP contribution is -2.32. The van der Waals surface area contributed by atoms with Gasteiger partial charge in [0, 0.05) is 32.0 Å². The van der Waals surface area contributed by atoms with Gasteiger partial charge in [0.25, 0.3) is 17.7 Å². The molecule has 3 aromatic carbocycles. The van der Waals surface area contributed by atoms with E-state index in [4.69, 9.17) is 46.4 Å². The van der Waals surface area contributed by atoms with Gasteiger partial charge in [0.05, 0.1) is 5.69 Å². The second-order valence-electron chi connectivity index (χ2n) is 6.93. The van der Waals surface area contributed by atoms with Gasteiger partial charge in [0.15, 0.2) is 0 Å². The van der Waals surface area contributed by atoms with E-state index in [0.717, 1.165) is 4.90 Å². The molecule has 3 aromatic rings. The standard InChI is InChI=1S/C23H13Cl4N3O3/c24-13-4-2-6-18(11-13)30-22(32)19(27)20(23(30)33)28-16-5-1-3-12(7-16)21(31)29-17-9-14(25)8-15(26)10-17/h1-11,28H,(H,29,31). The van der Waals surface area contributed by atoms with Gasteiger partial charge < -0.3 is 10.6 Å². The lowest BCUT2D eigenvalue weighted by molar-refractivity contribution is -0.120. The summed E-state index contributed by atoms with van der Waals surface area (Å²) in [6.45, 7) is 0. The normalized spacial score (nSPS) is 13.5. The van der Waals surface area contributed by atoms with Crippen molar-refractivity contribution in [3.8, 4) is 0 Å². The van der Waals surface area contributed by atoms with Gasteiger partial charge >= 0.3 is 0 Å². The summed E-state index contributed by atoms with van der Waals surface area (Å²) in [5, 5.41) is 6.39. The molecule has 0 spiro atoms. The largest absolute Gasteiger partial charge is 0.350 e. The summed E-state index contributed by atoms with van der Waals surface area (Å²) in [7, 11) is 0. The molecule has 0 fully saturated rings. The van der Waals surface area contributed by atoms with Crippen molar-refractivity contribution in [2.24, 2.45) is 0 Å². The van der Waals surface area contributed by atoms with Crippen LogP contribution in [0.1, 0.15) is 10.4 Å². The van der Waals surface area contributed by atoms with Gasteiger partial charge in [0.1, 0.15) is 10.7 Å². The van der Waals surface area contributed by atoms with Crippen molar-refractivity contribution < 1.29 is 14.4 Å². The average molecular weight is 521 g/mol. The van der Waals surface area contributed by atoms with Crippen molar-refractivity contribution in [3.63, 3.8) is 0 Å².